The number of carbonyl (C=O) groups is 3. The van der Waals surface area contributed by atoms with Crippen molar-refractivity contribution in [3.63, 3.8) is 0 Å². The monoisotopic (exact) mass is 278 g/mol. The molecule has 0 atom stereocenters. The summed E-state index contributed by atoms with van der Waals surface area (Å²) in [7, 11) is 2.31. The van der Waals surface area contributed by atoms with Gasteiger partial charge in [0, 0.05) is 0 Å². The second-order valence-corrected chi connectivity index (χ2v) is 3.68. The second-order valence-electron chi connectivity index (χ2n) is 3.68. The molecule has 0 saturated heterocycles. The maximum atomic E-state index is 11.5. The number of Topliss-reactive ketones (excluding diaryl/α,β-unsaturated/α-hetero) is 1. The van der Waals surface area contributed by atoms with Gasteiger partial charge in [-0.2, -0.15) is 0 Å². The van der Waals surface area contributed by atoms with Gasteiger partial charge >= 0.3 is 11.9 Å². The van der Waals surface area contributed by atoms with Gasteiger partial charge in [0.2, 0.25) is 5.76 Å². The topological polar surface area (TPSA) is 78.9 Å². The summed E-state index contributed by atoms with van der Waals surface area (Å²) in [6.45, 7) is 1.37. The van der Waals surface area contributed by atoms with Gasteiger partial charge < -0.3 is 14.2 Å². The van der Waals surface area contributed by atoms with Crippen molar-refractivity contribution in [2.45, 2.75) is 6.92 Å². The zero-order chi connectivity index (χ0) is 15.1. The van der Waals surface area contributed by atoms with E-state index >= 15 is 0 Å². The molecule has 106 valence electrons. The number of methoxy groups -OCH3 is 2. The van der Waals surface area contributed by atoms with Crippen molar-refractivity contribution in [3.05, 3.63) is 41.7 Å². The molecule has 0 unspecified atom stereocenters. The predicted octanol–water partition coefficient (Wildman–Crippen LogP) is 1.50. The maximum absolute atomic E-state index is 11.5. The van der Waals surface area contributed by atoms with Gasteiger partial charge in [0.1, 0.15) is 5.75 Å². The average Bonchev–Trinajstić information content (AvgIpc) is 2.45. The number of ketones is 1. The number of benzene rings is 1. The molecule has 0 bridgehead atoms. The lowest BCUT2D eigenvalue weighted by Crippen LogP contribution is -2.14. The minimum absolute atomic E-state index is 0.153. The zero-order valence-corrected chi connectivity index (χ0v) is 11.3. The van der Waals surface area contributed by atoms with Gasteiger partial charge in [0.05, 0.1) is 25.9 Å². The molecular formula is C14H14O6. The Morgan fingerprint density at radius 2 is 1.70 bits per heavy atom. The van der Waals surface area contributed by atoms with Crippen LogP contribution in [0.2, 0.25) is 0 Å². The van der Waals surface area contributed by atoms with Gasteiger partial charge in [0.15, 0.2) is 5.78 Å². The normalized spacial score (nSPS) is 10.7. The van der Waals surface area contributed by atoms with Crippen molar-refractivity contribution in [3.8, 4) is 5.75 Å². The highest BCUT2D eigenvalue weighted by atomic mass is 16.6. The van der Waals surface area contributed by atoms with Crippen LogP contribution in [0.5, 0.6) is 5.75 Å². The summed E-state index contributed by atoms with van der Waals surface area (Å²) in [4.78, 5) is 34.2. The molecule has 0 amide bonds. The van der Waals surface area contributed by atoms with E-state index < -0.39 is 11.9 Å². The first-order chi connectivity index (χ1) is 9.49. The number of rotatable bonds is 5. The highest BCUT2D eigenvalue weighted by Crippen LogP contribution is 2.21. The van der Waals surface area contributed by atoms with Gasteiger partial charge in [-0.3, -0.25) is 4.79 Å². The number of esters is 2. The van der Waals surface area contributed by atoms with E-state index in [2.05, 4.69) is 9.47 Å². The molecule has 0 saturated carbocycles. The van der Waals surface area contributed by atoms with E-state index in [1.165, 1.54) is 13.0 Å². The quantitative estimate of drug-likeness (QED) is 0.351. The standard InChI is InChI=1S/C14H14O6/c1-9(15)10-6-4-5-7-11(10)20-12(14(17)19-3)8-13(16)18-2/h4-8H,1-3H3/b12-8+. The Labute approximate surface area is 115 Å². The van der Waals surface area contributed by atoms with Crippen molar-refractivity contribution in [1.82, 2.24) is 0 Å². The molecule has 0 N–H and O–H groups in total. The molecule has 0 radical (unpaired) electrons. The van der Waals surface area contributed by atoms with Crippen molar-refractivity contribution in [2.75, 3.05) is 14.2 Å². The minimum Gasteiger partial charge on any atom is -0.466 e. The molecule has 1 aromatic rings. The van der Waals surface area contributed by atoms with Crippen molar-refractivity contribution < 1.29 is 28.6 Å². The molecule has 6 heteroatoms. The molecule has 1 rings (SSSR count). The van der Waals surface area contributed by atoms with Crippen LogP contribution in [-0.2, 0) is 19.1 Å². The molecule has 0 heterocycles. The lowest BCUT2D eigenvalue weighted by Gasteiger charge is -2.10. The third-order valence-electron chi connectivity index (χ3n) is 2.32. The van der Waals surface area contributed by atoms with E-state index in [-0.39, 0.29) is 22.9 Å². The summed E-state index contributed by atoms with van der Waals surface area (Å²) in [5, 5.41) is 0. The van der Waals surface area contributed by atoms with E-state index in [0.29, 0.717) is 0 Å². The fraction of sp³-hybridized carbons (Fsp3) is 0.214. The number of carbonyl (C=O) groups excluding carboxylic acids is 3. The van der Waals surface area contributed by atoms with Crippen molar-refractivity contribution in [2.24, 2.45) is 0 Å². The van der Waals surface area contributed by atoms with E-state index in [1.807, 2.05) is 0 Å². The third kappa shape index (κ3) is 3.94. The number of hydrogen-bond acceptors (Lipinski definition) is 6. The summed E-state index contributed by atoms with van der Waals surface area (Å²) >= 11 is 0. The SMILES string of the molecule is COC(=O)/C=C(/Oc1ccccc1C(C)=O)C(=O)OC. The predicted molar refractivity (Wildman–Crippen MR) is 69.2 cm³/mol. The summed E-state index contributed by atoms with van der Waals surface area (Å²) in [5.74, 6) is -2.07. The maximum Gasteiger partial charge on any atom is 0.374 e. The largest absolute Gasteiger partial charge is 0.466 e. The summed E-state index contributed by atoms with van der Waals surface area (Å²) in [5.41, 5.74) is 0.284. The van der Waals surface area contributed by atoms with Crippen LogP contribution in [0.4, 0.5) is 0 Å². The lowest BCUT2D eigenvalue weighted by atomic mass is 10.1. The van der Waals surface area contributed by atoms with Crippen molar-refractivity contribution in [1.29, 1.82) is 0 Å². The summed E-state index contributed by atoms with van der Waals surface area (Å²) < 4.78 is 14.2. The lowest BCUT2D eigenvalue weighted by molar-refractivity contribution is -0.140. The molecule has 0 spiro atoms. The van der Waals surface area contributed by atoms with Gasteiger partial charge in [-0.15, -0.1) is 0 Å². The minimum atomic E-state index is -0.853. The number of para-hydroxylation sites is 1. The highest BCUT2D eigenvalue weighted by Gasteiger charge is 2.17. The molecule has 0 aliphatic carbocycles. The molecule has 1 aromatic carbocycles. The Morgan fingerprint density at radius 1 is 1.05 bits per heavy atom. The first kappa shape index (κ1) is 15.4. The Kier molecular flexibility index (Phi) is 5.46. The van der Waals surface area contributed by atoms with Crippen LogP contribution >= 0.6 is 0 Å². The van der Waals surface area contributed by atoms with Gasteiger partial charge in [-0.1, -0.05) is 12.1 Å². The van der Waals surface area contributed by atoms with E-state index in [1.54, 1.807) is 18.2 Å². The third-order valence-corrected chi connectivity index (χ3v) is 2.32. The Hall–Kier alpha value is -2.63. The molecule has 0 aromatic heterocycles. The van der Waals surface area contributed by atoms with Crippen molar-refractivity contribution >= 4 is 17.7 Å². The van der Waals surface area contributed by atoms with Gasteiger partial charge in [-0.05, 0) is 19.1 Å². The molecule has 6 nitrogen and oxygen atoms in total. The van der Waals surface area contributed by atoms with Crippen LogP contribution in [0.15, 0.2) is 36.1 Å². The van der Waals surface area contributed by atoms with Gasteiger partial charge in [0.25, 0.3) is 0 Å². The number of ether oxygens (including phenoxy) is 3. The Bertz CT molecular complexity index is 559. The zero-order valence-electron chi connectivity index (χ0n) is 11.3. The molecular weight excluding hydrogens is 264 g/mol. The van der Waals surface area contributed by atoms with Crippen LogP contribution in [0.1, 0.15) is 17.3 Å². The summed E-state index contributed by atoms with van der Waals surface area (Å²) in [6, 6.07) is 6.34. The number of hydrogen-bond donors (Lipinski definition) is 0. The van der Waals surface area contributed by atoms with E-state index in [4.69, 9.17) is 4.74 Å². The second kappa shape index (κ2) is 7.08. The fourth-order valence-corrected chi connectivity index (χ4v) is 1.36. The molecule has 20 heavy (non-hydrogen) atoms. The Morgan fingerprint density at radius 3 is 2.25 bits per heavy atom. The van der Waals surface area contributed by atoms with Crippen LogP contribution in [0, 0.1) is 0 Å². The van der Waals surface area contributed by atoms with Gasteiger partial charge in [-0.25, -0.2) is 9.59 Å². The first-order valence-corrected chi connectivity index (χ1v) is 5.65. The average molecular weight is 278 g/mol. The molecule has 0 fully saturated rings. The molecule has 0 aliphatic rings. The van der Waals surface area contributed by atoms with Crippen LogP contribution in [-0.4, -0.2) is 31.9 Å². The smallest absolute Gasteiger partial charge is 0.374 e. The molecule has 0 aliphatic heterocycles. The van der Waals surface area contributed by atoms with Crippen LogP contribution in [0.25, 0.3) is 0 Å². The fourth-order valence-electron chi connectivity index (χ4n) is 1.36. The van der Waals surface area contributed by atoms with Crippen LogP contribution < -0.4 is 4.74 Å². The van der Waals surface area contributed by atoms with E-state index in [0.717, 1.165) is 20.3 Å². The highest BCUT2D eigenvalue weighted by molar-refractivity contribution is 5.98. The Balaban J connectivity index is 3.14. The van der Waals surface area contributed by atoms with Crippen LogP contribution in [0.3, 0.4) is 0 Å². The summed E-state index contributed by atoms with van der Waals surface area (Å²) in [6.07, 6.45) is 0.850. The van der Waals surface area contributed by atoms with E-state index in [9.17, 15) is 14.4 Å². The first-order valence-electron chi connectivity index (χ1n) is 5.65.